The highest BCUT2D eigenvalue weighted by Gasteiger charge is 2.04. The molecule has 0 aliphatic carbocycles. The average Bonchev–Trinajstić information content (AvgIpc) is 3.13. The van der Waals surface area contributed by atoms with Gasteiger partial charge in [0.05, 0.1) is 12.1 Å². The zero-order valence-corrected chi connectivity index (χ0v) is 14.2. The van der Waals surface area contributed by atoms with Gasteiger partial charge in [0.2, 0.25) is 5.91 Å². The van der Waals surface area contributed by atoms with Crippen LogP contribution in [0, 0.1) is 0 Å². The van der Waals surface area contributed by atoms with Gasteiger partial charge >= 0.3 is 0 Å². The standard InChI is InChI=1S/C20H18N2OS/c1-15(21-22-20(23)14-19-8-5-13-24-19)16-9-11-18(12-10-16)17-6-3-2-4-7-17/h2-13H,14H2,1H3,(H,22,23). The molecule has 0 saturated heterocycles. The average molecular weight is 334 g/mol. The summed E-state index contributed by atoms with van der Waals surface area (Å²) in [4.78, 5) is 12.9. The molecular formula is C20H18N2OS. The van der Waals surface area contributed by atoms with Crippen LogP contribution < -0.4 is 5.43 Å². The molecule has 1 amide bonds. The van der Waals surface area contributed by atoms with E-state index in [2.05, 4.69) is 34.8 Å². The van der Waals surface area contributed by atoms with Crippen LogP contribution in [-0.2, 0) is 11.2 Å². The van der Waals surface area contributed by atoms with E-state index in [1.54, 1.807) is 11.3 Å². The van der Waals surface area contributed by atoms with Crippen LogP contribution in [-0.4, -0.2) is 11.6 Å². The third-order valence-electron chi connectivity index (χ3n) is 3.67. The quantitative estimate of drug-likeness (QED) is 0.542. The highest BCUT2D eigenvalue weighted by Crippen LogP contribution is 2.19. The number of nitrogens with zero attached hydrogens (tertiary/aromatic N) is 1. The van der Waals surface area contributed by atoms with Crippen molar-refractivity contribution < 1.29 is 4.79 Å². The van der Waals surface area contributed by atoms with Crippen LogP contribution in [0.15, 0.2) is 77.2 Å². The number of amides is 1. The molecule has 1 heterocycles. The van der Waals surface area contributed by atoms with E-state index in [-0.39, 0.29) is 5.91 Å². The van der Waals surface area contributed by atoms with Crippen LogP contribution in [0.5, 0.6) is 0 Å². The molecule has 0 fully saturated rings. The Balaban J connectivity index is 1.64. The molecule has 0 aliphatic rings. The molecule has 1 aromatic heterocycles. The number of hydrazone groups is 1. The van der Waals surface area contributed by atoms with Crippen LogP contribution in [0.4, 0.5) is 0 Å². The Labute approximate surface area is 145 Å². The largest absolute Gasteiger partial charge is 0.273 e. The summed E-state index contributed by atoms with van der Waals surface area (Å²) >= 11 is 1.57. The predicted octanol–water partition coefficient (Wildman–Crippen LogP) is 4.50. The van der Waals surface area contributed by atoms with E-state index in [4.69, 9.17) is 0 Å². The summed E-state index contributed by atoms with van der Waals surface area (Å²) in [7, 11) is 0. The first-order valence-electron chi connectivity index (χ1n) is 7.74. The summed E-state index contributed by atoms with van der Waals surface area (Å²) in [6.07, 6.45) is 0.362. The first kappa shape index (κ1) is 16.1. The molecule has 1 N–H and O–H groups in total. The Morgan fingerprint density at radius 2 is 1.67 bits per heavy atom. The molecule has 4 heteroatoms. The van der Waals surface area contributed by atoms with E-state index in [0.29, 0.717) is 6.42 Å². The van der Waals surface area contributed by atoms with Gasteiger partial charge < -0.3 is 0 Å². The molecule has 0 radical (unpaired) electrons. The lowest BCUT2D eigenvalue weighted by Gasteiger charge is -2.05. The van der Waals surface area contributed by atoms with Crippen molar-refractivity contribution in [2.45, 2.75) is 13.3 Å². The second-order valence-electron chi connectivity index (χ2n) is 5.43. The lowest BCUT2D eigenvalue weighted by Crippen LogP contribution is -2.20. The van der Waals surface area contributed by atoms with Crippen molar-refractivity contribution >= 4 is 23.0 Å². The summed E-state index contributed by atoms with van der Waals surface area (Å²) in [5.74, 6) is -0.0993. The van der Waals surface area contributed by atoms with E-state index in [0.717, 1.165) is 21.7 Å². The number of carbonyl (C=O) groups excluding carboxylic acids is 1. The van der Waals surface area contributed by atoms with Crippen molar-refractivity contribution in [3.8, 4) is 11.1 Å². The Bertz CT molecular complexity index is 822. The number of benzene rings is 2. The van der Waals surface area contributed by atoms with Crippen LogP contribution in [0.1, 0.15) is 17.4 Å². The summed E-state index contributed by atoms with van der Waals surface area (Å²) in [6, 6.07) is 22.3. The van der Waals surface area contributed by atoms with Gasteiger partial charge in [0.15, 0.2) is 0 Å². The van der Waals surface area contributed by atoms with Crippen LogP contribution in [0.25, 0.3) is 11.1 Å². The van der Waals surface area contributed by atoms with Crippen LogP contribution in [0.2, 0.25) is 0 Å². The minimum Gasteiger partial charge on any atom is -0.273 e. The number of carbonyl (C=O) groups is 1. The van der Waals surface area contributed by atoms with E-state index in [9.17, 15) is 4.79 Å². The van der Waals surface area contributed by atoms with Gasteiger partial charge in [0.1, 0.15) is 0 Å². The van der Waals surface area contributed by atoms with Crippen LogP contribution >= 0.6 is 11.3 Å². The molecular weight excluding hydrogens is 316 g/mol. The van der Waals surface area contributed by atoms with Crippen molar-refractivity contribution in [3.05, 3.63) is 82.6 Å². The van der Waals surface area contributed by atoms with Crippen molar-refractivity contribution in [1.82, 2.24) is 5.43 Å². The maximum Gasteiger partial charge on any atom is 0.245 e. The Morgan fingerprint density at radius 1 is 0.958 bits per heavy atom. The Kier molecular flexibility index (Phi) is 5.18. The normalized spacial score (nSPS) is 11.3. The number of thiophene rings is 1. The number of rotatable bonds is 5. The maximum absolute atomic E-state index is 11.9. The Morgan fingerprint density at radius 3 is 2.33 bits per heavy atom. The monoisotopic (exact) mass is 334 g/mol. The summed E-state index contributed by atoms with van der Waals surface area (Å²) < 4.78 is 0. The van der Waals surface area contributed by atoms with Gasteiger partial charge in [-0.05, 0) is 35.1 Å². The third kappa shape index (κ3) is 4.18. The fraction of sp³-hybridized carbons (Fsp3) is 0.100. The van der Waals surface area contributed by atoms with Gasteiger partial charge in [-0.25, -0.2) is 5.43 Å². The second kappa shape index (κ2) is 7.70. The molecule has 24 heavy (non-hydrogen) atoms. The topological polar surface area (TPSA) is 41.5 Å². The highest BCUT2D eigenvalue weighted by molar-refractivity contribution is 7.10. The third-order valence-corrected chi connectivity index (χ3v) is 4.55. The van der Waals surface area contributed by atoms with Gasteiger partial charge in [-0.1, -0.05) is 60.7 Å². The van der Waals surface area contributed by atoms with Gasteiger partial charge in [-0.2, -0.15) is 5.10 Å². The highest BCUT2D eigenvalue weighted by atomic mass is 32.1. The smallest absolute Gasteiger partial charge is 0.245 e. The fourth-order valence-corrected chi connectivity index (χ4v) is 3.06. The minimum absolute atomic E-state index is 0.0993. The lowest BCUT2D eigenvalue weighted by molar-refractivity contribution is -0.120. The molecule has 3 nitrogen and oxygen atoms in total. The molecule has 0 unspecified atom stereocenters. The van der Waals surface area contributed by atoms with E-state index in [1.807, 2.05) is 54.8 Å². The van der Waals surface area contributed by atoms with E-state index < -0.39 is 0 Å². The minimum atomic E-state index is -0.0993. The zero-order valence-electron chi connectivity index (χ0n) is 13.4. The van der Waals surface area contributed by atoms with Crippen molar-refractivity contribution in [2.75, 3.05) is 0 Å². The van der Waals surface area contributed by atoms with Crippen LogP contribution in [0.3, 0.4) is 0 Å². The Hall–Kier alpha value is -2.72. The van der Waals surface area contributed by atoms with Crippen molar-refractivity contribution in [1.29, 1.82) is 0 Å². The molecule has 120 valence electrons. The SMILES string of the molecule is CC(=NNC(=O)Cc1cccs1)c1ccc(-c2ccccc2)cc1. The molecule has 0 spiro atoms. The molecule has 0 bridgehead atoms. The first-order valence-corrected chi connectivity index (χ1v) is 8.62. The van der Waals surface area contributed by atoms with Crippen molar-refractivity contribution in [2.24, 2.45) is 5.10 Å². The van der Waals surface area contributed by atoms with Gasteiger partial charge in [0.25, 0.3) is 0 Å². The molecule has 3 aromatic rings. The second-order valence-corrected chi connectivity index (χ2v) is 6.46. The van der Waals surface area contributed by atoms with Gasteiger partial charge in [-0.3, -0.25) is 4.79 Å². The molecule has 0 aliphatic heterocycles. The fourth-order valence-electron chi connectivity index (χ4n) is 2.36. The summed E-state index contributed by atoms with van der Waals surface area (Å²) in [5, 5.41) is 6.16. The first-order chi connectivity index (χ1) is 11.7. The van der Waals surface area contributed by atoms with Crippen molar-refractivity contribution in [3.63, 3.8) is 0 Å². The molecule has 3 rings (SSSR count). The molecule has 2 aromatic carbocycles. The molecule has 0 saturated carbocycles. The number of nitrogens with one attached hydrogen (secondary N) is 1. The van der Waals surface area contributed by atoms with Gasteiger partial charge in [0, 0.05) is 4.88 Å². The number of hydrogen-bond donors (Lipinski definition) is 1. The van der Waals surface area contributed by atoms with E-state index >= 15 is 0 Å². The van der Waals surface area contributed by atoms with E-state index in [1.165, 1.54) is 5.56 Å². The number of hydrogen-bond acceptors (Lipinski definition) is 3. The maximum atomic E-state index is 11.9. The summed E-state index contributed by atoms with van der Waals surface area (Å²) in [6.45, 7) is 1.89. The van der Waals surface area contributed by atoms with Gasteiger partial charge in [-0.15, -0.1) is 11.3 Å². The molecule has 0 atom stereocenters. The zero-order chi connectivity index (χ0) is 16.8. The summed E-state index contributed by atoms with van der Waals surface area (Å²) in [5.41, 5.74) is 6.74. The lowest BCUT2D eigenvalue weighted by atomic mass is 10.0. The predicted molar refractivity (Wildman–Crippen MR) is 100 cm³/mol.